The summed E-state index contributed by atoms with van der Waals surface area (Å²) in [6.45, 7) is 7.52. The number of fused-ring (bicyclic) bond motifs is 2. The zero-order valence-electron chi connectivity index (χ0n) is 17.6. The summed E-state index contributed by atoms with van der Waals surface area (Å²) in [4.78, 5) is 21.4. The Hall–Kier alpha value is -3.75. The molecule has 8 nitrogen and oxygen atoms in total. The second-order valence-electron chi connectivity index (χ2n) is 8.33. The average molecular weight is 417 g/mol. The van der Waals surface area contributed by atoms with Gasteiger partial charge in [0.1, 0.15) is 17.2 Å². The molecule has 1 amide bonds. The highest BCUT2D eigenvalue weighted by molar-refractivity contribution is 6.04. The smallest absolute Gasteiger partial charge is 0.237 e. The van der Waals surface area contributed by atoms with E-state index in [1.54, 1.807) is 31.5 Å². The van der Waals surface area contributed by atoms with E-state index < -0.39 is 5.41 Å². The highest BCUT2D eigenvalue weighted by Crippen LogP contribution is 2.35. The maximum Gasteiger partial charge on any atom is 0.237 e. The molecule has 9 heteroatoms. The first-order chi connectivity index (χ1) is 14.7. The van der Waals surface area contributed by atoms with E-state index >= 15 is 0 Å². The zero-order chi connectivity index (χ0) is 21.9. The van der Waals surface area contributed by atoms with Crippen LogP contribution in [0.5, 0.6) is 0 Å². The molecule has 1 N–H and O–H groups in total. The molecule has 1 aromatic carbocycles. The molecule has 0 aliphatic carbocycles. The lowest BCUT2D eigenvalue weighted by atomic mass is 9.91. The van der Waals surface area contributed by atoms with Crippen LogP contribution in [0.2, 0.25) is 0 Å². The van der Waals surface area contributed by atoms with Gasteiger partial charge in [0, 0.05) is 5.69 Å². The van der Waals surface area contributed by atoms with Crippen LogP contribution in [0.15, 0.2) is 30.3 Å². The second kappa shape index (κ2) is 6.63. The Bertz CT molecular complexity index is 1380. The van der Waals surface area contributed by atoms with Crippen molar-refractivity contribution in [1.82, 2.24) is 29.9 Å². The Labute approximate surface area is 177 Å². The van der Waals surface area contributed by atoms with Gasteiger partial charge < -0.3 is 5.32 Å². The molecule has 0 radical (unpaired) electrons. The summed E-state index contributed by atoms with van der Waals surface area (Å²) in [7, 11) is 0. The second-order valence-corrected chi connectivity index (χ2v) is 8.33. The number of nitrogens with one attached hydrogen (secondary N) is 1. The molecule has 1 aliphatic rings. The fourth-order valence-electron chi connectivity index (χ4n) is 3.64. The third kappa shape index (κ3) is 3.04. The van der Waals surface area contributed by atoms with Gasteiger partial charge in [-0.3, -0.25) is 4.79 Å². The molecule has 31 heavy (non-hydrogen) atoms. The van der Waals surface area contributed by atoms with Crippen molar-refractivity contribution in [2.45, 2.75) is 39.7 Å². The first-order valence-corrected chi connectivity index (χ1v) is 9.90. The fraction of sp³-hybridized carbons (Fsp3) is 0.273. The number of rotatable bonds is 3. The topological polar surface area (TPSA) is 98.5 Å². The standard InChI is InChI=1S/C22H20FN7O/c1-11-5-7-13(9-15(11)23)10-30-20-14(8-6-12(2)24-20)16(29-30)18-25-19-17(27-28-18)22(3,4)21(31)26-19/h5-9H,10H2,1-4H3,(H,25,26,28,31). The number of nitrogens with zero attached hydrogens (tertiary/aromatic N) is 6. The van der Waals surface area contributed by atoms with E-state index in [2.05, 4.69) is 30.6 Å². The number of amides is 1. The van der Waals surface area contributed by atoms with Crippen LogP contribution in [0.25, 0.3) is 22.6 Å². The van der Waals surface area contributed by atoms with Gasteiger partial charge in [0.2, 0.25) is 11.7 Å². The Morgan fingerprint density at radius 2 is 1.90 bits per heavy atom. The van der Waals surface area contributed by atoms with Crippen molar-refractivity contribution in [3.63, 3.8) is 0 Å². The van der Waals surface area contributed by atoms with Gasteiger partial charge in [0.25, 0.3) is 0 Å². The van der Waals surface area contributed by atoms with Crippen LogP contribution in [0.3, 0.4) is 0 Å². The number of halogens is 1. The van der Waals surface area contributed by atoms with Crippen LogP contribution in [-0.4, -0.2) is 35.9 Å². The molecule has 0 fully saturated rings. The van der Waals surface area contributed by atoms with Crippen LogP contribution in [0, 0.1) is 19.7 Å². The molecule has 0 bridgehead atoms. The van der Waals surface area contributed by atoms with Crippen molar-refractivity contribution >= 4 is 22.8 Å². The summed E-state index contributed by atoms with van der Waals surface area (Å²) in [6, 6.07) is 8.91. The van der Waals surface area contributed by atoms with Crippen molar-refractivity contribution in [2.75, 3.05) is 5.32 Å². The maximum absolute atomic E-state index is 14.0. The van der Waals surface area contributed by atoms with Gasteiger partial charge in [-0.15, -0.1) is 10.2 Å². The van der Waals surface area contributed by atoms with E-state index in [-0.39, 0.29) is 11.7 Å². The predicted molar refractivity (Wildman–Crippen MR) is 113 cm³/mol. The average Bonchev–Trinajstić information content (AvgIpc) is 3.18. The summed E-state index contributed by atoms with van der Waals surface area (Å²) in [5.41, 5.74) is 3.06. The third-order valence-corrected chi connectivity index (χ3v) is 5.59. The van der Waals surface area contributed by atoms with Gasteiger partial charge in [-0.05, 0) is 57.0 Å². The van der Waals surface area contributed by atoms with Crippen molar-refractivity contribution in [1.29, 1.82) is 0 Å². The molecule has 0 saturated heterocycles. The molecule has 0 saturated carbocycles. The molecule has 0 atom stereocenters. The molecule has 0 unspecified atom stereocenters. The number of benzene rings is 1. The number of pyridine rings is 1. The van der Waals surface area contributed by atoms with Crippen molar-refractivity contribution < 1.29 is 9.18 Å². The molecule has 0 spiro atoms. The number of hydrogen-bond acceptors (Lipinski definition) is 6. The molecule has 1 aliphatic heterocycles. The summed E-state index contributed by atoms with van der Waals surface area (Å²) in [5.74, 6) is 0.253. The van der Waals surface area contributed by atoms with Gasteiger partial charge in [0.05, 0.1) is 17.3 Å². The number of anilines is 1. The van der Waals surface area contributed by atoms with E-state index in [1.165, 1.54) is 6.07 Å². The van der Waals surface area contributed by atoms with Crippen LogP contribution in [0.4, 0.5) is 10.2 Å². The minimum Gasteiger partial charge on any atom is -0.308 e. The number of carbonyl (C=O) groups excluding carboxylic acids is 1. The summed E-state index contributed by atoms with van der Waals surface area (Å²) >= 11 is 0. The lowest BCUT2D eigenvalue weighted by Crippen LogP contribution is -2.27. The first kappa shape index (κ1) is 19.2. The molecule has 4 heterocycles. The van der Waals surface area contributed by atoms with E-state index in [0.29, 0.717) is 40.8 Å². The van der Waals surface area contributed by atoms with Gasteiger partial charge in [-0.2, -0.15) is 5.10 Å². The predicted octanol–water partition coefficient (Wildman–Crippen LogP) is 3.32. The highest BCUT2D eigenvalue weighted by Gasteiger charge is 2.42. The van der Waals surface area contributed by atoms with Gasteiger partial charge in [-0.25, -0.2) is 19.0 Å². The van der Waals surface area contributed by atoms with Gasteiger partial charge >= 0.3 is 0 Å². The lowest BCUT2D eigenvalue weighted by Gasteiger charge is -2.11. The van der Waals surface area contributed by atoms with Crippen molar-refractivity contribution in [2.24, 2.45) is 0 Å². The highest BCUT2D eigenvalue weighted by atomic mass is 19.1. The van der Waals surface area contributed by atoms with Gasteiger partial charge in [-0.1, -0.05) is 12.1 Å². The van der Waals surface area contributed by atoms with Crippen LogP contribution in [-0.2, 0) is 16.8 Å². The van der Waals surface area contributed by atoms with Crippen LogP contribution < -0.4 is 5.32 Å². The number of aromatic nitrogens is 6. The Morgan fingerprint density at radius 3 is 2.68 bits per heavy atom. The largest absolute Gasteiger partial charge is 0.308 e. The summed E-state index contributed by atoms with van der Waals surface area (Å²) in [6.07, 6.45) is 0. The molecular weight excluding hydrogens is 397 g/mol. The van der Waals surface area contributed by atoms with E-state index in [9.17, 15) is 9.18 Å². The van der Waals surface area contributed by atoms with E-state index in [1.807, 2.05) is 25.1 Å². The number of aryl methyl sites for hydroxylation is 2. The van der Waals surface area contributed by atoms with E-state index in [4.69, 9.17) is 0 Å². The Kier molecular flexibility index (Phi) is 4.11. The van der Waals surface area contributed by atoms with Crippen LogP contribution >= 0.6 is 0 Å². The molecule has 156 valence electrons. The number of carbonyl (C=O) groups is 1. The minimum atomic E-state index is -0.788. The first-order valence-electron chi connectivity index (χ1n) is 9.90. The van der Waals surface area contributed by atoms with Crippen LogP contribution in [0.1, 0.15) is 36.4 Å². The molecule has 4 aromatic rings. The molecule has 5 rings (SSSR count). The minimum absolute atomic E-state index is 0.171. The molecular formula is C22H20FN7O. The SMILES string of the molecule is Cc1ccc2c(-c3nnc4c(n3)NC(=O)C4(C)C)nn(Cc3ccc(C)c(F)c3)c2n1. The van der Waals surface area contributed by atoms with Gasteiger partial charge in [0.15, 0.2) is 11.5 Å². The monoisotopic (exact) mass is 417 g/mol. The zero-order valence-corrected chi connectivity index (χ0v) is 17.6. The van der Waals surface area contributed by atoms with Crippen molar-refractivity contribution in [3.05, 3.63) is 58.7 Å². The lowest BCUT2D eigenvalue weighted by molar-refractivity contribution is -0.119. The summed E-state index contributed by atoms with van der Waals surface area (Å²) in [5, 5.41) is 16.7. The quantitative estimate of drug-likeness (QED) is 0.549. The summed E-state index contributed by atoms with van der Waals surface area (Å²) < 4.78 is 15.8. The number of hydrogen-bond donors (Lipinski definition) is 1. The molecule has 3 aromatic heterocycles. The Balaban J connectivity index is 1.63. The maximum atomic E-state index is 14.0. The third-order valence-electron chi connectivity index (χ3n) is 5.59. The van der Waals surface area contributed by atoms with E-state index in [0.717, 1.165) is 16.6 Å². The normalized spacial score (nSPS) is 14.7. The van der Waals surface area contributed by atoms with Crippen molar-refractivity contribution in [3.8, 4) is 11.5 Å². The fourth-order valence-corrected chi connectivity index (χ4v) is 3.64. The Morgan fingerprint density at radius 1 is 1.10 bits per heavy atom.